The molecule has 106 valence electrons. The van der Waals surface area contributed by atoms with Gasteiger partial charge in [0, 0.05) is 25.0 Å². The second-order valence-electron chi connectivity index (χ2n) is 5.51. The highest BCUT2D eigenvalue weighted by Gasteiger charge is 2.19. The number of aryl methyl sites for hydroxylation is 1. The van der Waals surface area contributed by atoms with Crippen molar-refractivity contribution in [2.24, 2.45) is 0 Å². The SMILES string of the molecule is CC(CCCNC1CC1)OCCCc1ccncc1. The maximum atomic E-state index is 5.84. The van der Waals surface area contributed by atoms with Crippen molar-refractivity contribution in [1.29, 1.82) is 0 Å². The van der Waals surface area contributed by atoms with Crippen LogP contribution in [-0.4, -0.2) is 30.3 Å². The Bertz CT molecular complexity index is 338. The first-order valence-electron chi connectivity index (χ1n) is 7.58. The fourth-order valence-corrected chi connectivity index (χ4v) is 2.18. The van der Waals surface area contributed by atoms with Gasteiger partial charge in [-0.05, 0) is 69.7 Å². The molecule has 1 aromatic heterocycles. The fraction of sp³-hybridized carbons (Fsp3) is 0.688. The van der Waals surface area contributed by atoms with Crippen LogP contribution in [0, 0.1) is 0 Å². The van der Waals surface area contributed by atoms with Gasteiger partial charge in [-0.1, -0.05) is 0 Å². The van der Waals surface area contributed by atoms with Crippen LogP contribution >= 0.6 is 0 Å². The van der Waals surface area contributed by atoms with Crippen LogP contribution in [0.4, 0.5) is 0 Å². The first-order valence-corrected chi connectivity index (χ1v) is 7.58. The molecule has 0 bridgehead atoms. The van der Waals surface area contributed by atoms with Crippen LogP contribution in [0.2, 0.25) is 0 Å². The molecule has 1 aromatic rings. The number of nitrogens with zero attached hydrogens (tertiary/aromatic N) is 1. The molecule has 1 saturated carbocycles. The minimum atomic E-state index is 0.387. The quantitative estimate of drug-likeness (QED) is 0.658. The van der Waals surface area contributed by atoms with E-state index in [0.29, 0.717) is 6.10 Å². The van der Waals surface area contributed by atoms with Gasteiger partial charge in [-0.3, -0.25) is 4.98 Å². The summed E-state index contributed by atoms with van der Waals surface area (Å²) in [5.41, 5.74) is 1.35. The molecule has 2 rings (SSSR count). The summed E-state index contributed by atoms with van der Waals surface area (Å²) in [4.78, 5) is 4.02. The monoisotopic (exact) mass is 262 g/mol. The van der Waals surface area contributed by atoms with E-state index in [1.165, 1.54) is 24.8 Å². The van der Waals surface area contributed by atoms with Crippen LogP contribution in [0.3, 0.4) is 0 Å². The molecule has 0 saturated heterocycles. The van der Waals surface area contributed by atoms with Crippen molar-refractivity contribution >= 4 is 0 Å². The van der Waals surface area contributed by atoms with Crippen molar-refractivity contribution in [3.8, 4) is 0 Å². The van der Waals surface area contributed by atoms with Gasteiger partial charge in [0.1, 0.15) is 0 Å². The third kappa shape index (κ3) is 6.69. The van der Waals surface area contributed by atoms with Crippen LogP contribution < -0.4 is 5.32 Å². The lowest BCUT2D eigenvalue weighted by molar-refractivity contribution is 0.0575. The van der Waals surface area contributed by atoms with Crippen molar-refractivity contribution in [2.45, 2.75) is 57.6 Å². The standard InChI is InChI=1S/C16H26N2O/c1-14(4-2-10-18-16-6-7-16)19-13-3-5-15-8-11-17-12-9-15/h8-9,11-12,14,16,18H,2-7,10,13H2,1H3. The maximum absolute atomic E-state index is 5.84. The molecule has 3 nitrogen and oxygen atoms in total. The third-order valence-corrected chi connectivity index (χ3v) is 3.56. The van der Waals surface area contributed by atoms with Crippen molar-refractivity contribution in [3.63, 3.8) is 0 Å². The summed E-state index contributed by atoms with van der Waals surface area (Å²) >= 11 is 0. The average molecular weight is 262 g/mol. The third-order valence-electron chi connectivity index (χ3n) is 3.56. The summed E-state index contributed by atoms with van der Waals surface area (Å²) in [6, 6.07) is 4.98. The Morgan fingerprint density at radius 2 is 2.11 bits per heavy atom. The molecule has 19 heavy (non-hydrogen) atoms. The Morgan fingerprint density at radius 1 is 1.32 bits per heavy atom. The largest absolute Gasteiger partial charge is 0.378 e. The number of pyridine rings is 1. The Balaban J connectivity index is 1.43. The van der Waals surface area contributed by atoms with Crippen molar-refractivity contribution in [2.75, 3.05) is 13.2 Å². The molecule has 1 aliphatic carbocycles. The predicted octanol–water partition coefficient (Wildman–Crippen LogP) is 2.95. The first-order chi connectivity index (χ1) is 9.34. The summed E-state index contributed by atoms with van der Waals surface area (Å²) < 4.78 is 5.84. The van der Waals surface area contributed by atoms with Crippen LogP contribution in [0.15, 0.2) is 24.5 Å². The number of nitrogens with one attached hydrogen (secondary N) is 1. The molecule has 0 aliphatic heterocycles. The highest BCUT2D eigenvalue weighted by molar-refractivity contribution is 5.09. The van der Waals surface area contributed by atoms with E-state index in [0.717, 1.165) is 38.5 Å². The molecule has 1 N–H and O–H groups in total. The molecular formula is C16H26N2O. The molecule has 3 heteroatoms. The second-order valence-corrected chi connectivity index (χ2v) is 5.51. The van der Waals surface area contributed by atoms with Gasteiger partial charge in [0.05, 0.1) is 6.10 Å². The van der Waals surface area contributed by atoms with E-state index < -0.39 is 0 Å². The molecule has 0 amide bonds. The molecule has 0 aromatic carbocycles. The summed E-state index contributed by atoms with van der Waals surface area (Å²) in [5.74, 6) is 0. The molecule has 0 spiro atoms. The lowest BCUT2D eigenvalue weighted by atomic mass is 10.1. The number of aromatic nitrogens is 1. The van der Waals surface area contributed by atoms with Gasteiger partial charge >= 0.3 is 0 Å². The van der Waals surface area contributed by atoms with E-state index in [1.54, 1.807) is 0 Å². The Kier molecular flexibility index (Phi) is 6.31. The van der Waals surface area contributed by atoms with E-state index in [2.05, 4.69) is 29.4 Å². The molecule has 1 aliphatic rings. The van der Waals surface area contributed by atoms with E-state index in [4.69, 9.17) is 4.74 Å². The van der Waals surface area contributed by atoms with Gasteiger partial charge in [0.25, 0.3) is 0 Å². The number of ether oxygens (including phenoxy) is 1. The normalized spacial score (nSPS) is 16.5. The number of hydrogen-bond donors (Lipinski definition) is 1. The fourth-order valence-electron chi connectivity index (χ4n) is 2.18. The summed E-state index contributed by atoms with van der Waals surface area (Å²) in [6.07, 6.45) is 11.4. The van der Waals surface area contributed by atoms with Crippen molar-refractivity contribution in [3.05, 3.63) is 30.1 Å². The summed E-state index contributed by atoms with van der Waals surface area (Å²) in [5, 5.41) is 3.54. The Morgan fingerprint density at radius 3 is 2.84 bits per heavy atom. The highest BCUT2D eigenvalue weighted by atomic mass is 16.5. The smallest absolute Gasteiger partial charge is 0.0547 e. The second kappa shape index (κ2) is 8.28. The van der Waals surface area contributed by atoms with Gasteiger partial charge < -0.3 is 10.1 Å². The maximum Gasteiger partial charge on any atom is 0.0547 e. The Hall–Kier alpha value is -0.930. The number of hydrogen-bond acceptors (Lipinski definition) is 3. The zero-order valence-corrected chi connectivity index (χ0v) is 12.0. The summed E-state index contributed by atoms with van der Waals surface area (Å²) in [7, 11) is 0. The van der Waals surface area contributed by atoms with E-state index in [1.807, 2.05) is 12.4 Å². The van der Waals surface area contributed by atoms with Gasteiger partial charge in [0.15, 0.2) is 0 Å². The lowest BCUT2D eigenvalue weighted by Gasteiger charge is -2.13. The number of rotatable bonds is 10. The van der Waals surface area contributed by atoms with Crippen LogP contribution in [0.1, 0.15) is 44.6 Å². The minimum Gasteiger partial charge on any atom is -0.378 e. The highest BCUT2D eigenvalue weighted by Crippen LogP contribution is 2.18. The van der Waals surface area contributed by atoms with E-state index in [-0.39, 0.29) is 0 Å². The van der Waals surface area contributed by atoms with Gasteiger partial charge in [-0.15, -0.1) is 0 Å². The average Bonchev–Trinajstić information content (AvgIpc) is 3.25. The Labute approximate surface area is 116 Å². The summed E-state index contributed by atoms with van der Waals surface area (Å²) in [6.45, 7) is 4.19. The van der Waals surface area contributed by atoms with E-state index in [9.17, 15) is 0 Å². The van der Waals surface area contributed by atoms with E-state index >= 15 is 0 Å². The van der Waals surface area contributed by atoms with Crippen LogP contribution in [-0.2, 0) is 11.2 Å². The molecule has 1 atom stereocenters. The lowest BCUT2D eigenvalue weighted by Crippen LogP contribution is -2.19. The van der Waals surface area contributed by atoms with Crippen molar-refractivity contribution in [1.82, 2.24) is 10.3 Å². The topological polar surface area (TPSA) is 34.1 Å². The molecule has 1 heterocycles. The molecule has 1 unspecified atom stereocenters. The molecular weight excluding hydrogens is 236 g/mol. The van der Waals surface area contributed by atoms with Crippen LogP contribution in [0.5, 0.6) is 0 Å². The predicted molar refractivity (Wildman–Crippen MR) is 78.2 cm³/mol. The van der Waals surface area contributed by atoms with Gasteiger partial charge in [-0.25, -0.2) is 0 Å². The zero-order valence-electron chi connectivity index (χ0n) is 12.0. The first kappa shape index (κ1) is 14.5. The van der Waals surface area contributed by atoms with Gasteiger partial charge in [0.2, 0.25) is 0 Å². The molecule has 0 radical (unpaired) electrons. The van der Waals surface area contributed by atoms with Crippen LogP contribution in [0.25, 0.3) is 0 Å². The van der Waals surface area contributed by atoms with Crippen molar-refractivity contribution < 1.29 is 4.74 Å². The molecule has 1 fully saturated rings. The van der Waals surface area contributed by atoms with Gasteiger partial charge in [-0.2, -0.15) is 0 Å². The zero-order chi connectivity index (χ0) is 13.3. The minimum absolute atomic E-state index is 0.387.